The summed E-state index contributed by atoms with van der Waals surface area (Å²) in [5, 5.41) is 2.29. The predicted molar refractivity (Wildman–Crippen MR) is 104 cm³/mol. The standard InChI is InChI=1S/C19H23N3O6S/c1-10(23)27-9-28-18(26)14-19(2,3)29-17-13(16(25)22(14)17)21-15(24)12(20)11-7-5-4-6-8-11/h4-8,12-14,17H,9,20H2,1-3H3,(H,21,24)/t12?,13?,14-,17+/m0/s1. The van der Waals surface area contributed by atoms with Crippen molar-refractivity contribution in [3.8, 4) is 0 Å². The highest BCUT2D eigenvalue weighted by Gasteiger charge is 2.64. The zero-order chi connectivity index (χ0) is 21.3. The van der Waals surface area contributed by atoms with Crippen LogP contribution >= 0.6 is 11.8 Å². The highest BCUT2D eigenvalue weighted by molar-refractivity contribution is 8.01. The molecule has 29 heavy (non-hydrogen) atoms. The first kappa shape index (κ1) is 21.1. The number of β-lactam (4-membered cyclic amide) rings is 1. The Balaban J connectivity index is 1.65. The van der Waals surface area contributed by atoms with Crippen molar-refractivity contribution >= 4 is 35.5 Å². The minimum absolute atomic E-state index is 0.379. The van der Waals surface area contributed by atoms with Gasteiger partial charge in [-0.05, 0) is 19.4 Å². The molecule has 2 saturated heterocycles. The Hall–Kier alpha value is -2.59. The second kappa shape index (κ2) is 8.03. The quantitative estimate of drug-likeness (QED) is 0.381. The van der Waals surface area contributed by atoms with Gasteiger partial charge in [0.05, 0.1) is 0 Å². The molecular formula is C19H23N3O6S. The Morgan fingerprint density at radius 2 is 1.90 bits per heavy atom. The lowest BCUT2D eigenvalue weighted by molar-refractivity contribution is -0.175. The number of amides is 2. The van der Waals surface area contributed by atoms with E-state index in [-0.39, 0.29) is 5.91 Å². The SMILES string of the molecule is CC(=O)OCOC(=O)[C@@H]1N2C(=O)C(NC(=O)C(N)c3ccccc3)[C@H]2SC1(C)C. The first-order valence-electron chi connectivity index (χ1n) is 9.04. The van der Waals surface area contributed by atoms with Crippen LogP contribution in [0.25, 0.3) is 0 Å². The largest absolute Gasteiger partial charge is 0.428 e. The number of ether oxygens (including phenoxy) is 2. The molecule has 0 saturated carbocycles. The molecule has 0 bridgehead atoms. The van der Waals surface area contributed by atoms with Crippen LogP contribution in [0.3, 0.4) is 0 Å². The van der Waals surface area contributed by atoms with Crippen molar-refractivity contribution in [1.82, 2.24) is 10.2 Å². The number of rotatable bonds is 6. The Morgan fingerprint density at radius 3 is 2.52 bits per heavy atom. The lowest BCUT2D eigenvalue weighted by Crippen LogP contribution is -2.71. The molecule has 1 aromatic rings. The first-order valence-corrected chi connectivity index (χ1v) is 9.92. The number of nitrogens with two attached hydrogens (primary N) is 1. The number of hydrogen-bond acceptors (Lipinski definition) is 8. The van der Waals surface area contributed by atoms with Crippen molar-refractivity contribution in [3.63, 3.8) is 0 Å². The van der Waals surface area contributed by atoms with Crippen LogP contribution in [0.1, 0.15) is 32.4 Å². The predicted octanol–water partition coefficient (Wildman–Crippen LogP) is 0.297. The molecule has 0 spiro atoms. The lowest BCUT2D eigenvalue weighted by Gasteiger charge is -2.44. The number of esters is 2. The number of carbonyl (C=O) groups excluding carboxylic acids is 4. The maximum atomic E-state index is 12.7. The molecule has 156 valence electrons. The fourth-order valence-corrected chi connectivity index (χ4v) is 5.05. The van der Waals surface area contributed by atoms with Gasteiger partial charge in [-0.1, -0.05) is 30.3 Å². The third-order valence-corrected chi connectivity index (χ3v) is 6.44. The minimum atomic E-state index is -0.901. The van der Waals surface area contributed by atoms with Crippen LogP contribution in [0, 0.1) is 0 Å². The highest BCUT2D eigenvalue weighted by Crippen LogP contribution is 2.51. The fourth-order valence-electron chi connectivity index (χ4n) is 3.43. The molecule has 0 radical (unpaired) electrons. The molecule has 9 nitrogen and oxygen atoms in total. The minimum Gasteiger partial charge on any atom is -0.428 e. The van der Waals surface area contributed by atoms with E-state index in [4.69, 9.17) is 10.5 Å². The van der Waals surface area contributed by atoms with E-state index in [1.807, 2.05) is 19.9 Å². The fraction of sp³-hybridized carbons (Fsp3) is 0.474. The number of nitrogens with one attached hydrogen (secondary N) is 1. The number of fused-ring (bicyclic) bond motifs is 1. The summed E-state index contributed by atoms with van der Waals surface area (Å²) in [5.41, 5.74) is 6.64. The number of thioether (sulfide) groups is 1. The topological polar surface area (TPSA) is 128 Å². The molecule has 3 rings (SSSR count). The molecule has 4 atom stereocenters. The van der Waals surface area contributed by atoms with E-state index in [2.05, 4.69) is 10.1 Å². The van der Waals surface area contributed by atoms with E-state index in [1.165, 1.54) is 23.6 Å². The van der Waals surface area contributed by atoms with Crippen LogP contribution in [0.2, 0.25) is 0 Å². The molecule has 3 N–H and O–H groups in total. The first-order chi connectivity index (χ1) is 13.6. The third-order valence-electron chi connectivity index (χ3n) is 4.87. The van der Waals surface area contributed by atoms with Crippen molar-refractivity contribution in [2.75, 3.05) is 6.79 Å². The summed E-state index contributed by atoms with van der Waals surface area (Å²) in [6, 6.07) is 6.33. The van der Waals surface area contributed by atoms with Crippen LogP contribution in [0.5, 0.6) is 0 Å². The van der Waals surface area contributed by atoms with Gasteiger partial charge in [0.15, 0.2) is 0 Å². The van der Waals surface area contributed by atoms with Crippen molar-refractivity contribution in [2.45, 2.75) is 49.0 Å². The van der Waals surface area contributed by atoms with Gasteiger partial charge in [-0.3, -0.25) is 14.4 Å². The van der Waals surface area contributed by atoms with Gasteiger partial charge in [0.2, 0.25) is 18.6 Å². The van der Waals surface area contributed by atoms with Crippen molar-refractivity contribution in [2.24, 2.45) is 5.73 Å². The Bertz CT molecular complexity index is 830. The van der Waals surface area contributed by atoms with Gasteiger partial charge in [-0.15, -0.1) is 11.8 Å². The molecule has 2 aliphatic heterocycles. The third kappa shape index (κ3) is 4.08. The maximum Gasteiger partial charge on any atom is 0.333 e. The van der Waals surface area contributed by atoms with Gasteiger partial charge < -0.3 is 25.4 Å². The molecule has 2 fully saturated rings. The number of hydrogen-bond donors (Lipinski definition) is 2. The number of nitrogens with zero attached hydrogens (tertiary/aromatic N) is 1. The smallest absolute Gasteiger partial charge is 0.333 e. The van der Waals surface area contributed by atoms with Crippen LogP contribution in [0.15, 0.2) is 30.3 Å². The van der Waals surface area contributed by atoms with Gasteiger partial charge in [0.1, 0.15) is 23.5 Å². The number of carbonyl (C=O) groups is 4. The summed E-state index contributed by atoms with van der Waals surface area (Å²) >= 11 is 1.40. The summed E-state index contributed by atoms with van der Waals surface area (Å²) in [4.78, 5) is 49.9. The molecule has 0 aromatic heterocycles. The number of benzene rings is 1. The summed E-state index contributed by atoms with van der Waals surface area (Å²) in [6.45, 7) is 4.32. The van der Waals surface area contributed by atoms with Gasteiger partial charge in [-0.25, -0.2) is 4.79 Å². The molecule has 0 aliphatic carbocycles. The second-order valence-electron chi connectivity index (χ2n) is 7.35. The van der Waals surface area contributed by atoms with Crippen molar-refractivity contribution < 1.29 is 28.7 Å². The van der Waals surface area contributed by atoms with Crippen molar-refractivity contribution in [3.05, 3.63) is 35.9 Å². The summed E-state index contributed by atoms with van der Waals surface area (Å²) in [7, 11) is 0. The highest BCUT2D eigenvalue weighted by atomic mass is 32.2. The summed E-state index contributed by atoms with van der Waals surface area (Å²) in [6.07, 6.45) is 0. The summed E-state index contributed by atoms with van der Waals surface area (Å²) in [5.74, 6) is -2.08. The molecular weight excluding hydrogens is 398 g/mol. The monoisotopic (exact) mass is 421 g/mol. The second-order valence-corrected chi connectivity index (χ2v) is 9.12. The lowest BCUT2D eigenvalue weighted by atomic mass is 9.95. The Kier molecular flexibility index (Phi) is 5.85. The molecule has 1 aromatic carbocycles. The molecule has 2 unspecified atom stereocenters. The normalized spacial score (nSPS) is 25.4. The Morgan fingerprint density at radius 1 is 1.24 bits per heavy atom. The summed E-state index contributed by atoms with van der Waals surface area (Å²) < 4.78 is 8.97. The van der Waals surface area contributed by atoms with Crippen LogP contribution in [0.4, 0.5) is 0 Å². The van der Waals surface area contributed by atoms with Crippen molar-refractivity contribution in [1.29, 1.82) is 0 Å². The molecule has 2 aliphatic rings. The van der Waals surface area contributed by atoms with E-state index < -0.39 is 52.9 Å². The van der Waals surface area contributed by atoms with Crippen LogP contribution < -0.4 is 11.1 Å². The van der Waals surface area contributed by atoms with E-state index in [0.29, 0.717) is 5.56 Å². The molecule has 2 amide bonds. The van der Waals surface area contributed by atoms with Gasteiger partial charge >= 0.3 is 11.9 Å². The van der Waals surface area contributed by atoms with Gasteiger partial charge in [-0.2, -0.15) is 0 Å². The van der Waals surface area contributed by atoms with E-state index in [0.717, 1.165) is 0 Å². The van der Waals surface area contributed by atoms with E-state index in [1.54, 1.807) is 24.3 Å². The molecule has 10 heteroatoms. The average Bonchev–Trinajstić information content (AvgIpc) is 2.93. The van der Waals surface area contributed by atoms with E-state index in [9.17, 15) is 19.2 Å². The van der Waals surface area contributed by atoms with E-state index >= 15 is 0 Å². The van der Waals surface area contributed by atoms with Crippen LogP contribution in [-0.2, 0) is 28.7 Å². The average molecular weight is 421 g/mol. The Labute approximate surface area is 172 Å². The van der Waals surface area contributed by atoms with Gasteiger partial charge in [0.25, 0.3) is 0 Å². The maximum absolute atomic E-state index is 12.7. The van der Waals surface area contributed by atoms with Crippen LogP contribution in [-0.4, -0.2) is 57.7 Å². The zero-order valence-electron chi connectivity index (χ0n) is 16.3. The zero-order valence-corrected chi connectivity index (χ0v) is 17.1. The molecule has 2 heterocycles. The van der Waals surface area contributed by atoms with Gasteiger partial charge in [0, 0.05) is 11.7 Å².